The van der Waals surface area contributed by atoms with Crippen LogP contribution in [0.15, 0.2) is 0 Å². The standard InChI is InChI=1S/C13H20N2O/c1-6-13(16)15(7(2)14-6)12-10-8-3-4-9(5-8)11(10)12/h6-12,14H,3-5H2,1-2H3. The Balaban J connectivity index is 1.59. The summed E-state index contributed by atoms with van der Waals surface area (Å²) in [6, 6.07) is 0.639. The predicted octanol–water partition coefficient (Wildman–Crippen LogP) is 1.20. The van der Waals surface area contributed by atoms with E-state index in [1.807, 2.05) is 6.92 Å². The van der Waals surface area contributed by atoms with E-state index >= 15 is 0 Å². The van der Waals surface area contributed by atoms with Crippen molar-refractivity contribution in [3.8, 4) is 0 Å². The van der Waals surface area contributed by atoms with Crippen LogP contribution in [0.4, 0.5) is 0 Å². The summed E-state index contributed by atoms with van der Waals surface area (Å²) in [5.74, 6) is 3.99. The smallest absolute Gasteiger partial charge is 0.240 e. The van der Waals surface area contributed by atoms with E-state index in [2.05, 4.69) is 17.1 Å². The van der Waals surface area contributed by atoms with Crippen LogP contribution in [-0.2, 0) is 4.79 Å². The fraction of sp³-hybridized carbons (Fsp3) is 0.923. The second kappa shape index (κ2) is 2.81. The van der Waals surface area contributed by atoms with Gasteiger partial charge < -0.3 is 4.90 Å². The van der Waals surface area contributed by atoms with Gasteiger partial charge in [0.2, 0.25) is 5.91 Å². The van der Waals surface area contributed by atoms with E-state index in [9.17, 15) is 4.79 Å². The average molecular weight is 220 g/mol. The molecule has 4 fully saturated rings. The van der Waals surface area contributed by atoms with Gasteiger partial charge in [0.1, 0.15) is 0 Å². The summed E-state index contributed by atoms with van der Waals surface area (Å²) in [6.07, 6.45) is 4.59. The van der Waals surface area contributed by atoms with Crippen LogP contribution in [0.1, 0.15) is 33.1 Å². The van der Waals surface area contributed by atoms with E-state index in [-0.39, 0.29) is 12.2 Å². The maximum Gasteiger partial charge on any atom is 0.240 e. The number of nitrogens with one attached hydrogen (secondary N) is 1. The van der Waals surface area contributed by atoms with Crippen molar-refractivity contribution >= 4 is 5.91 Å². The Morgan fingerprint density at radius 3 is 2.31 bits per heavy atom. The van der Waals surface area contributed by atoms with Crippen molar-refractivity contribution in [2.75, 3.05) is 0 Å². The van der Waals surface area contributed by atoms with E-state index in [0.29, 0.717) is 11.9 Å². The second-order valence-electron chi connectivity index (χ2n) is 6.29. The lowest BCUT2D eigenvalue weighted by Gasteiger charge is -2.24. The Kier molecular flexibility index (Phi) is 1.66. The highest BCUT2D eigenvalue weighted by Gasteiger charge is 2.68. The SMILES string of the molecule is CC1NC(C)N(C2C3C4CCC(C4)C32)C1=O. The Labute approximate surface area is 96.6 Å². The topological polar surface area (TPSA) is 32.3 Å². The first-order chi connectivity index (χ1) is 7.68. The largest absolute Gasteiger partial charge is 0.323 e. The molecule has 1 saturated heterocycles. The van der Waals surface area contributed by atoms with Crippen molar-refractivity contribution in [1.82, 2.24) is 10.2 Å². The van der Waals surface area contributed by atoms with Gasteiger partial charge in [-0.1, -0.05) is 0 Å². The number of hydrogen-bond acceptors (Lipinski definition) is 2. The van der Waals surface area contributed by atoms with Gasteiger partial charge in [0.25, 0.3) is 0 Å². The molecule has 4 rings (SSSR count). The molecule has 3 nitrogen and oxygen atoms in total. The minimum absolute atomic E-state index is 0.0361. The average Bonchev–Trinajstić information content (AvgIpc) is 2.57. The zero-order valence-electron chi connectivity index (χ0n) is 10.0. The highest BCUT2D eigenvalue weighted by atomic mass is 16.2. The molecule has 1 aliphatic heterocycles. The van der Waals surface area contributed by atoms with Crippen molar-refractivity contribution in [1.29, 1.82) is 0 Å². The molecule has 3 aliphatic carbocycles. The molecular weight excluding hydrogens is 200 g/mol. The van der Waals surface area contributed by atoms with Crippen molar-refractivity contribution < 1.29 is 4.79 Å². The van der Waals surface area contributed by atoms with Gasteiger partial charge in [-0.3, -0.25) is 10.1 Å². The first-order valence-corrected chi connectivity index (χ1v) is 6.76. The van der Waals surface area contributed by atoms with E-state index in [4.69, 9.17) is 0 Å². The number of rotatable bonds is 1. The lowest BCUT2D eigenvalue weighted by Crippen LogP contribution is -2.39. The summed E-state index contributed by atoms with van der Waals surface area (Å²) in [5, 5.41) is 3.35. The minimum Gasteiger partial charge on any atom is -0.323 e. The molecule has 1 heterocycles. The van der Waals surface area contributed by atoms with Crippen LogP contribution in [0.25, 0.3) is 0 Å². The molecule has 1 N–H and O–H groups in total. The molecule has 3 saturated carbocycles. The summed E-state index contributed by atoms with van der Waals surface area (Å²) in [5.41, 5.74) is 0. The first kappa shape index (κ1) is 9.46. The van der Waals surface area contributed by atoms with E-state index in [1.165, 1.54) is 19.3 Å². The lowest BCUT2D eigenvalue weighted by molar-refractivity contribution is -0.130. The van der Waals surface area contributed by atoms with Gasteiger partial charge in [0, 0.05) is 6.04 Å². The Morgan fingerprint density at radius 1 is 1.19 bits per heavy atom. The number of fused-ring (bicyclic) bond motifs is 5. The summed E-state index contributed by atoms with van der Waals surface area (Å²) in [4.78, 5) is 14.3. The summed E-state index contributed by atoms with van der Waals surface area (Å²) in [6.45, 7) is 4.13. The Morgan fingerprint density at radius 2 is 1.81 bits per heavy atom. The maximum atomic E-state index is 12.1. The maximum absolute atomic E-state index is 12.1. The number of amides is 1. The van der Waals surface area contributed by atoms with Gasteiger partial charge in [0.15, 0.2) is 0 Å². The molecule has 0 aromatic rings. The van der Waals surface area contributed by atoms with Crippen LogP contribution in [-0.4, -0.2) is 29.1 Å². The number of hydrogen-bond donors (Lipinski definition) is 1. The molecule has 0 aromatic heterocycles. The van der Waals surface area contributed by atoms with Gasteiger partial charge in [-0.05, 0) is 56.8 Å². The van der Waals surface area contributed by atoms with E-state index in [0.717, 1.165) is 23.7 Å². The molecule has 0 aromatic carbocycles. The second-order valence-corrected chi connectivity index (χ2v) is 6.29. The number of carbonyl (C=O) groups is 1. The third-order valence-electron chi connectivity index (χ3n) is 5.55. The Bertz CT molecular complexity index is 340. The zero-order valence-corrected chi connectivity index (χ0v) is 10.0. The number of nitrogens with zero attached hydrogens (tertiary/aromatic N) is 1. The molecule has 16 heavy (non-hydrogen) atoms. The molecular formula is C13H20N2O. The summed E-state index contributed by atoms with van der Waals surface area (Å²) in [7, 11) is 0. The quantitative estimate of drug-likeness (QED) is 0.720. The highest BCUT2D eigenvalue weighted by Crippen LogP contribution is 2.67. The van der Waals surface area contributed by atoms with E-state index < -0.39 is 0 Å². The Hall–Kier alpha value is -0.570. The van der Waals surface area contributed by atoms with E-state index in [1.54, 1.807) is 0 Å². The summed E-state index contributed by atoms with van der Waals surface area (Å²) < 4.78 is 0. The minimum atomic E-state index is 0.0361. The molecule has 6 atom stereocenters. The van der Waals surface area contributed by atoms with Gasteiger partial charge in [0.05, 0.1) is 12.2 Å². The monoisotopic (exact) mass is 220 g/mol. The molecule has 0 radical (unpaired) electrons. The predicted molar refractivity (Wildman–Crippen MR) is 60.5 cm³/mol. The molecule has 88 valence electrons. The molecule has 0 spiro atoms. The summed E-state index contributed by atoms with van der Waals surface area (Å²) >= 11 is 0. The van der Waals surface area contributed by atoms with Gasteiger partial charge >= 0.3 is 0 Å². The molecule has 1 amide bonds. The van der Waals surface area contributed by atoms with Crippen molar-refractivity contribution in [2.24, 2.45) is 23.7 Å². The molecule has 2 bridgehead atoms. The molecule has 4 aliphatic rings. The van der Waals surface area contributed by atoms with Crippen molar-refractivity contribution in [2.45, 2.75) is 51.4 Å². The van der Waals surface area contributed by atoms with Crippen molar-refractivity contribution in [3.05, 3.63) is 0 Å². The lowest BCUT2D eigenvalue weighted by atomic mass is 10.0. The van der Waals surface area contributed by atoms with Gasteiger partial charge in [-0.25, -0.2) is 0 Å². The normalized spacial score (nSPS) is 58.2. The molecule has 6 unspecified atom stereocenters. The van der Waals surface area contributed by atoms with Crippen LogP contribution in [0.5, 0.6) is 0 Å². The van der Waals surface area contributed by atoms with Crippen LogP contribution in [0.3, 0.4) is 0 Å². The van der Waals surface area contributed by atoms with Gasteiger partial charge in [-0.15, -0.1) is 0 Å². The van der Waals surface area contributed by atoms with Crippen LogP contribution >= 0.6 is 0 Å². The molecule has 3 heteroatoms. The number of carbonyl (C=O) groups excluding carboxylic acids is 1. The van der Waals surface area contributed by atoms with Crippen LogP contribution < -0.4 is 5.32 Å². The first-order valence-electron chi connectivity index (χ1n) is 6.76. The third-order valence-corrected chi connectivity index (χ3v) is 5.55. The zero-order chi connectivity index (χ0) is 11.0. The third kappa shape index (κ3) is 0.963. The van der Waals surface area contributed by atoms with Crippen LogP contribution in [0, 0.1) is 23.7 Å². The highest BCUT2D eigenvalue weighted by molar-refractivity contribution is 5.84. The van der Waals surface area contributed by atoms with Crippen LogP contribution in [0.2, 0.25) is 0 Å². The van der Waals surface area contributed by atoms with Crippen molar-refractivity contribution in [3.63, 3.8) is 0 Å². The fourth-order valence-corrected chi connectivity index (χ4v) is 4.98. The van der Waals surface area contributed by atoms with Gasteiger partial charge in [-0.2, -0.15) is 0 Å². The fourth-order valence-electron chi connectivity index (χ4n) is 4.98.